The molecule has 79 heavy (non-hydrogen) atoms. The number of anilines is 1. The molecule has 2 heterocycles. The molecule has 10 aromatic rings. The topological polar surface area (TPSA) is 279 Å². The molecule has 0 saturated heterocycles. The van der Waals surface area contributed by atoms with Crippen LogP contribution in [0.4, 0.5) is 28.4 Å². The van der Waals surface area contributed by atoms with E-state index in [2.05, 4.69) is 98.8 Å². The quantitative estimate of drug-likeness (QED) is 0.0311. The van der Waals surface area contributed by atoms with Crippen molar-refractivity contribution in [1.29, 1.82) is 0 Å². The van der Waals surface area contributed by atoms with Crippen LogP contribution in [0.2, 0.25) is 0 Å². The van der Waals surface area contributed by atoms with Gasteiger partial charge in [0, 0.05) is 25.6 Å². The van der Waals surface area contributed by atoms with E-state index in [1.54, 1.807) is 84.9 Å². The number of para-hydroxylation sites is 3. The standard InChI is InChI=1S/C15H14N3O.C12H8BrN3O3.C12H8BrN3O.C6H5BrO.C6H6N2O2.C3H5.CH4.2Rf/c1-2-5-11-8-9-15(19)14(10-11)18-16-12-6-3-4-7-13(12)17-18;13-8-5-6-12(17)10(7-8)15-14-9-3-1-2-4-11(9)16(18)19;13-8-5-6-12(17)11(7-8)16-14-9-3-1-2-4-10(9)15-16;7-5-1-3-6(8)4-2-5;7-5-3-1-2-4-6(5)8(9)10;1-3-2;;;/h3-4,6-10,19H,1-2,5H2;1-7,17H;1-7,17H;1-4,8H;1-4H,7H2;3H,1-2H2;1H4;;/q-1;;;;;-1;;;. The van der Waals surface area contributed by atoms with Crippen LogP contribution in [0.3, 0.4) is 0 Å². The van der Waals surface area contributed by atoms with Crippen molar-refractivity contribution in [3.8, 4) is 34.4 Å². The van der Waals surface area contributed by atoms with Crippen molar-refractivity contribution in [1.82, 2.24) is 30.0 Å². The van der Waals surface area contributed by atoms with Crippen LogP contribution in [0.25, 0.3) is 33.4 Å². The number of rotatable bonds is 8. The van der Waals surface area contributed by atoms with Crippen LogP contribution in [0.1, 0.15) is 19.4 Å². The van der Waals surface area contributed by atoms with Gasteiger partial charge in [-0.15, -0.1) is 40.2 Å². The van der Waals surface area contributed by atoms with Gasteiger partial charge in [0.05, 0.1) is 9.85 Å². The third-order valence-electron chi connectivity index (χ3n) is 9.69. The van der Waals surface area contributed by atoms with E-state index in [4.69, 9.17) is 10.8 Å². The summed E-state index contributed by atoms with van der Waals surface area (Å²) in [5, 5.41) is 84.0. The van der Waals surface area contributed by atoms with Crippen LogP contribution < -0.4 is 5.73 Å². The second-order valence-electron chi connectivity index (χ2n) is 15.2. The summed E-state index contributed by atoms with van der Waals surface area (Å²) >= 11 is 9.83. The van der Waals surface area contributed by atoms with Gasteiger partial charge in [0.1, 0.15) is 67.8 Å². The number of aryl methyl sites for hydroxylation is 1. The van der Waals surface area contributed by atoms with Crippen LogP contribution in [-0.4, -0.2) is 60.3 Å². The van der Waals surface area contributed by atoms with Gasteiger partial charge in [0.25, 0.3) is 11.4 Å². The Morgan fingerprint density at radius 1 is 0.557 bits per heavy atom. The molecule has 0 amide bonds. The Bertz CT molecular complexity index is 3500. The minimum absolute atomic E-state index is 0. The van der Waals surface area contributed by atoms with Gasteiger partial charge in [0.15, 0.2) is 5.69 Å². The number of nitro groups is 2. The van der Waals surface area contributed by atoms with Gasteiger partial charge in [0.2, 0.25) is 0 Å². The molecule has 0 aliphatic carbocycles. The van der Waals surface area contributed by atoms with Crippen molar-refractivity contribution in [3.63, 3.8) is 0 Å². The smallest absolute Gasteiger partial charge is 0.296 e. The molecule has 2 aromatic heterocycles. The van der Waals surface area contributed by atoms with Crippen molar-refractivity contribution >= 4 is 98.3 Å². The third kappa shape index (κ3) is 19.0. The summed E-state index contributed by atoms with van der Waals surface area (Å²) < 4.78 is 2.57. The van der Waals surface area contributed by atoms with Gasteiger partial charge in [-0.3, -0.25) is 20.2 Å². The number of aromatic nitrogens is 6. The molecule has 6 N–H and O–H groups in total. The Kier molecular flexibility index (Phi) is 25.7. The number of aromatic hydroxyl groups is 4. The van der Waals surface area contributed by atoms with Crippen LogP contribution in [0.5, 0.6) is 23.0 Å². The van der Waals surface area contributed by atoms with Gasteiger partial charge in [-0.1, -0.05) is 116 Å². The molecule has 0 aliphatic heterocycles. The fraction of sp³-hybridized carbons (Fsp3) is 0.0545. The predicted molar refractivity (Wildman–Crippen MR) is 311 cm³/mol. The summed E-state index contributed by atoms with van der Waals surface area (Å²) in [5.74, 6) is 0.570. The molecule has 0 bridgehead atoms. The zero-order valence-electron chi connectivity index (χ0n) is 41.4. The summed E-state index contributed by atoms with van der Waals surface area (Å²) in [4.78, 5) is 22.8. The number of nitrogens with zero attached hydrogens (tertiary/aromatic N) is 10. The van der Waals surface area contributed by atoms with E-state index in [1.165, 1.54) is 46.0 Å². The number of halogens is 3. The van der Waals surface area contributed by atoms with Crippen LogP contribution in [0, 0.1) is 34.1 Å². The molecule has 10 rings (SSSR count). The number of phenolic OH excluding ortho intramolecular Hbond substituents is 4. The van der Waals surface area contributed by atoms with E-state index >= 15 is 0 Å². The first kappa shape index (κ1) is 64.1. The van der Waals surface area contributed by atoms with Gasteiger partial charge < -0.3 is 33.1 Å². The Hall–Kier alpha value is -11.0. The molecule has 8 aromatic carbocycles. The predicted octanol–water partition coefficient (Wildman–Crippen LogP) is 15.2. The maximum atomic E-state index is 10.8. The van der Waals surface area contributed by atoms with E-state index in [9.17, 15) is 35.5 Å². The number of phenols is 4. The molecule has 0 radical (unpaired) electrons. The number of fused-ring (bicyclic) bond motifs is 2. The number of nitrogen functional groups attached to an aromatic ring is 1. The largest absolute Gasteiger partial charge is 0.508 e. The summed E-state index contributed by atoms with van der Waals surface area (Å²) in [7, 11) is 0. The first-order chi connectivity index (χ1) is 36.5. The Labute approximate surface area is 468 Å². The Balaban J connectivity index is 0.000000340. The van der Waals surface area contributed by atoms with Crippen molar-refractivity contribution in [3.05, 3.63) is 242 Å². The summed E-state index contributed by atoms with van der Waals surface area (Å²) in [6.45, 7) is 10.3. The SMILES string of the molecule is C.C=C[CH2-].Nc1ccccc1[N+](=O)[O-].O=[N+]([O-])c1ccccc1N=Nc1cc(Br)ccc1O.Oc1ccc(Br)cc1.Oc1ccc(Br)cc1-n1nc2ccccc2n1.[CH2-]CCc1ccc(O)c(-n2nc3ccccc3n2)c1.[Rf].[Rf]. The molecule has 0 saturated carbocycles. The average Bonchev–Trinajstić information content (AvgIpc) is 4.07. The number of hydrogen-bond donors (Lipinski definition) is 5. The van der Waals surface area contributed by atoms with Crippen LogP contribution in [0.15, 0.2) is 212 Å². The summed E-state index contributed by atoms with van der Waals surface area (Å²) in [5.41, 5.74) is 11.1. The fourth-order valence-corrected chi connectivity index (χ4v) is 7.13. The maximum absolute atomic E-state index is 10.8. The number of benzene rings is 8. The van der Waals surface area contributed by atoms with E-state index in [1.807, 2.05) is 60.7 Å². The maximum Gasteiger partial charge on any atom is 0.296 e. The van der Waals surface area contributed by atoms with Gasteiger partial charge in [-0.25, -0.2) is 19.6 Å². The second kappa shape index (κ2) is 31.7. The first-order valence-electron chi connectivity index (χ1n) is 22.2. The minimum Gasteiger partial charge on any atom is -0.508 e. The van der Waals surface area contributed by atoms with Crippen molar-refractivity contribution in [2.45, 2.75) is 20.3 Å². The van der Waals surface area contributed by atoms with Crippen molar-refractivity contribution < 1.29 is 30.3 Å². The minimum atomic E-state index is -0.533. The number of hydrogen-bond acceptors (Lipinski definition) is 15. The van der Waals surface area contributed by atoms with Crippen molar-refractivity contribution in [2.24, 2.45) is 10.2 Å². The van der Waals surface area contributed by atoms with Crippen LogP contribution in [-0.2, 0) is 6.42 Å². The van der Waals surface area contributed by atoms with Gasteiger partial charge >= 0.3 is 0 Å². The number of nitrogens with two attached hydrogens (primary N) is 1. The number of nitro benzene ring substituents is 2. The summed E-state index contributed by atoms with van der Waals surface area (Å²) in [6.07, 6.45) is 3.19. The molecule has 19 nitrogen and oxygen atoms in total. The second-order valence-corrected chi connectivity index (χ2v) is 17.9. The molecule has 0 atom stereocenters. The Morgan fingerprint density at radius 3 is 1.41 bits per heavy atom. The van der Waals surface area contributed by atoms with Gasteiger partial charge in [-0.05, 0) is 115 Å². The van der Waals surface area contributed by atoms with E-state index in [0.717, 1.165) is 53.9 Å². The van der Waals surface area contributed by atoms with Gasteiger partial charge in [-0.2, -0.15) is 6.42 Å². The zero-order valence-corrected chi connectivity index (χ0v) is 58.9. The number of allylic oxidation sites excluding steroid dienone is 1. The van der Waals surface area contributed by atoms with E-state index in [0.29, 0.717) is 17.1 Å². The molecule has 400 valence electrons. The van der Waals surface area contributed by atoms with E-state index < -0.39 is 9.85 Å². The van der Waals surface area contributed by atoms with E-state index in [-0.39, 0.29) is 53.1 Å². The fourth-order valence-electron chi connectivity index (χ4n) is 6.16. The first-order valence-corrected chi connectivity index (χ1v) is 24.6. The molecule has 24 heteroatoms. The monoisotopic (exact) mass is 1760 g/mol. The number of azo groups is 1. The molecule has 0 fully saturated rings. The van der Waals surface area contributed by atoms with Crippen LogP contribution >= 0.6 is 47.8 Å². The molecule has 0 spiro atoms. The normalized spacial score (nSPS) is 9.82. The zero-order chi connectivity index (χ0) is 55.1. The third-order valence-corrected chi connectivity index (χ3v) is 11.2. The van der Waals surface area contributed by atoms with Crippen molar-refractivity contribution in [2.75, 3.05) is 5.73 Å². The molecule has 0 unspecified atom stereocenters. The molecular formula is C55H50Br3N11O8Rf2-2. The molecular weight excluding hydrogens is 1720 g/mol. The molecule has 0 aliphatic rings. The average molecular weight is 1770 g/mol. The Morgan fingerprint density at radius 2 is 0.949 bits per heavy atom. The summed E-state index contributed by atoms with van der Waals surface area (Å²) in [6, 6.07) is 49.4.